The van der Waals surface area contributed by atoms with Crippen LogP contribution in [0.1, 0.15) is 32.3 Å². The molecular formula is C14H24N2O. The van der Waals surface area contributed by atoms with Gasteiger partial charge in [0.15, 0.2) is 0 Å². The molecule has 1 aromatic rings. The summed E-state index contributed by atoms with van der Waals surface area (Å²) in [6, 6.07) is 2.05. The number of piperidine rings is 1. The van der Waals surface area contributed by atoms with Crippen molar-refractivity contribution in [1.82, 2.24) is 9.88 Å². The van der Waals surface area contributed by atoms with Gasteiger partial charge in [-0.3, -0.25) is 4.98 Å². The van der Waals surface area contributed by atoms with Gasteiger partial charge in [-0.25, -0.2) is 0 Å². The first-order valence-corrected chi connectivity index (χ1v) is 6.51. The molecule has 0 aliphatic carbocycles. The molecule has 0 amide bonds. The lowest BCUT2D eigenvalue weighted by molar-refractivity contribution is 0.114. The summed E-state index contributed by atoms with van der Waals surface area (Å²) >= 11 is 0. The Bertz CT molecular complexity index is 320. The van der Waals surface area contributed by atoms with Crippen molar-refractivity contribution in [2.45, 2.75) is 39.7 Å². The molecule has 96 valence electrons. The molecular weight excluding hydrogens is 212 g/mol. The number of hydrogen-bond donors (Lipinski definition) is 0. The summed E-state index contributed by atoms with van der Waals surface area (Å²) in [6.07, 6.45) is 6.24. The molecule has 0 N–H and O–H groups in total. The molecule has 0 aromatic carbocycles. The van der Waals surface area contributed by atoms with E-state index in [1.54, 1.807) is 6.20 Å². The Labute approximate surface area is 105 Å². The third-order valence-corrected chi connectivity index (χ3v) is 2.82. The second kappa shape index (κ2) is 7.28. The average Bonchev–Trinajstić information content (AvgIpc) is 2.35. The van der Waals surface area contributed by atoms with Crippen LogP contribution in [0, 0.1) is 6.92 Å². The minimum absolute atomic E-state index is 0.366. The van der Waals surface area contributed by atoms with Gasteiger partial charge in [-0.15, -0.1) is 0 Å². The monoisotopic (exact) mass is 236 g/mol. The Balaban J connectivity index is 0.000000686. The van der Waals surface area contributed by atoms with Crippen LogP contribution in [-0.4, -0.2) is 36.1 Å². The predicted molar refractivity (Wildman–Crippen MR) is 71.5 cm³/mol. The van der Waals surface area contributed by atoms with Crippen molar-refractivity contribution < 1.29 is 4.74 Å². The minimum atomic E-state index is 0.366. The number of nitrogens with zero attached hydrogens (tertiary/aromatic N) is 2. The standard InChI is InChI=1S/C12H18N2O.C2H6/c1-10-7-12(9-13-8-10)15-11-3-5-14(2)6-4-11;1-2/h7-9,11H,3-6H2,1-2H3;1-2H3. The van der Waals surface area contributed by atoms with Gasteiger partial charge >= 0.3 is 0 Å². The Morgan fingerprint density at radius 2 is 1.88 bits per heavy atom. The van der Waals surface area contributed by atoms with Crippen LogP contribution in [0.15, 0.2) is 18.5 Å². The van der Waals surface area contributed by atoms with E-state index in [1.165, 1.54) is 0 Å². The van der Waals surface area contributed by atoms with E-state index in [0.717, 1.165) is 37.2 Å². The molecule has 0 bridgehead atoms. The van der Waals surface area contributed by atoms with Gasteiger partial charge in [0.1, 0.15) is 11.9 Å². The van der Waals surface area contributed by atoms with Crippen LogP contribution in [0.4, 0.5) is 0 Å². The molecule has 1 aliphatic heterocycles. The van der Waals surface area contributed by atoms with E-state index in [1.807, 2.05) is 33.0 Å². The van der Waals surface area contributed by atoms with Crippen LogP contribution < -0.4 is 4.74 Å². The molecule has 1 aliphatic rings. The lowest BCUT2D eigenvalue weighted by Gasteiger charge is -2.29. The summed E-state index contributed by atoms with van der Waals surface area (Å²) in [6.45, 7) is 8.29. The van der Waals surface area contributed by atoms with Crippen LogP contribution in [0.2, 0.25) is 0 Å². The third-order valence-electron chi connectivity index (χ3n) is 2.82. The SMILES string of the molecule is CC.Cc1cncc(OC2CCN(C)CC2)c1. The molecule has 2 heterocycles. The summed E-state index contributed by atoms with van der Waals surface area (Å²) in [4.78, 5) is 6.47. The van der Waals surface area contributed by atoms with E-state index < -0.39 is 0 Å². The molecule has 2 rings (SSSR count). The van der Waals surface area contributed by atoms with Crippen molar-refractivity contribution in [3.8, 4) is 5.75 Å². The second-order valence-corrected chi connectivity index (χ2v) is 4.32. The number of pyridine rings is 1. The Morgan fingerprint density at radius 1 is 1.24 bits per heavy atom. The van der Waals surface area contributed by atoms with Crippen LogP contribution in [0.3, 0.4) is 0 Å². The van der Waals surface area contributed by atoms with Gasteiger partial charge < -0.3 is 9.64 Å². The molecule has 0 spiro atoms. The van der Waals surface area contributed by atoms with Gasteiger partial charge in [0, 0.05) is 19.3 Å². The van der Waals surface area contributed by atoms with Gasteiger partial charge in [0.2, 0.25) is 0 Å². The van der Waals surface area contributed by atoms with E-state index in [2.05, 4.69) is 16.9 Å². The number of aryl methyl sites for hydroxylation is 1. The molecule has 3 heteroatoms. The topological polar surface area (TPSA) is 25.4 Å². The smallest absolute Gasteiger partial charge is 0.138 e. The highest BCUT2D eigenvalue weighted by atomic mass is 16.5. The largest absolute Gasteiger partial charge is 0.489 e. The van der Waals surface area contributed by atoms with E-state index in [4.69, 9.17) is 4.74 Å². The van der Waals surface area contributed by atoms with Crippen LogP contribution in [-0.2, 0) is 0 Å². The first-order chi connectivity index (χ1) is 8.24. The molecule has 0 atom stereocenters. The molecule has 1 saturated heterocycles. The molecule has 1 fully saturated rings. The maximum atomic E-state index is 5.90. The van der Waals surface area contributed by atoms with Gasteiger partial charge in [-0.05, 0) is 38.4 Å². The fourth-order valence-corrected chi connectivity index (χ4v) is 1.89. The van der Waals surface area contributed by atoms with Crippen LogP contribution >= 0.6 is 0 Å². The Kier molecular flexibility index (Phi) is 5.98. The van der Waals surface area contributed by atoms with E-state index in [0.29, 0.717) is 6.10 Å². The van der Waals surface area contributed by atoms with Gasteiger partial charge in [-0.1, -0.05) is 13.8 Å². The second-order valence-electron chi connectivity index (χ2n) is 4.32. The molecule has 1 aromatic heterocycles. The number of ether oxygens (including phenoxy) is 1. The summed E-state index contributed by atoms with van der Waals surface area (Å²) < 4.78 is 5.90. The zero-order valence-electron chi connectivity index (χ0n) is 11.4. The maximum absolute atomic E-state index is 5.90. The molecule has 17 heavy (non-hydrogen) atoms. The number of aromatic nitrogens is 1. The quantitative estimate of drug-likeness (QED) is 0.789. The van der Waals surface area contributed by atoms with E-state index >= 15 is 0 Å². The van der Waals surface area contributed by atoms with Crippen molar-refractivity contribution in [2.75, 3.05) is 20.1 Å². The number of likely N-dealkylation sites (tertiary alicyclic amines) is 1. The summed E-state index contributed by atoms with van der Waals surface area (Å²) in [7, 11) is 2.16. The highest BCUT2D eigenvalue weighted by Gasteiger charge is 2.17. The fraction of sp³-hybridized carbons (Fsp3) is 0.643. The number of rotatable bonds is 2. The van der Waals surface area contributed by atoms with Crippen molar-refractivity contribution in [3.63, 3.8) is 0 Å². The fourth-order valence-electron chi connectivity index (χ4n) is 1.89. The Morgan fingerprint density at radius 3 is 2.47 bits per heavy atom. The number of hydrogen-bond acceptors (Lipinski definition) is 3. The summed E-state index contributed by atoms with van der Waals surface area (Å²) in [5.41, 5.74) is 1.15. The van der Waals surface area contributed by atoms with E-state index in [9.17, 15) is 0 Å². The van der Waals surface area contributed by atoms with Gasteiger partial charge in [0.05, 0.1) is 6.20 Å². The minimum Gasteiger partial charge on any atom is -0.489 e. The van der Waals surface area contributed by atoms with E-state index in [-0.39, 0.29) is 0 Å². The van der Waals surface area contributed by atoms with Gasteiger partial charge in [0.25, 0.3) is 0 Å². The zero-order chi connectivity index (χ0) is 12.7. The molecule has 0 saturated carbocycles. The maximum Gasteiger partial charge on any atom is 0.138 e. The first-order valence-electron chi connectivity index (χ1n) is 6.51. The van der Waals surface area contributed by atoms with Crippen molar-refractivity contribution >= 4 is 0 Å². The normalized spacial score (nSPS) is 17.2. The molecule has 3 nitrogen and oxygen atoms in total. The highest BCUT2D eigenvalue weighted by Crippen LogP contribution is 2.18. The van der Waals surface area contributed by atoms with Crippen molar-refractivity contribution in [2.24, 2.45) is 0 Å². The predicted octanol–water partition coefficient (Wildman–Crippen LogP) is 2.89. The Hall–Kier alpha value is -1.09. The zero-order valence-corrected chi connectivity index (χ0v) is 11.4. The third kappa shape index (κ3) is 4.73. The molecule has 0 unspecified atom stereocenters. The van der Waals surface area contributed by atoms with Crippen molar-refractivity contribution in [3.05, 3.63) is 24.0 Å². The van der Waals surface area contributed by atoms with Crippen LogP contribution in [0.5, 0.6) is 5.75 Å². The summed E-state index contributed by atoms with van der Waals surface area (Å²) in [5.74, 6) is 0.907. The average molecular weight is 236 g/mol. The van der Waals surface area contributed by atoms with Crippen molar-refractivity contribution in [1.29, 1.82) is 0 Å². The lowest BCUT2D eigenvalue weighted by atomic mass is 10.1. The highest BCUT2D eigenvalue weighted by molar-refractivity contribution is 5.22. The van der Waals surface area contributed by atoms with Gasteiger partial charge in [-0.2, -0.15) is 0 Å². The summed E-state index contributed by atoms with van der Waals surface area (Å²) in [5, 5.41) is 0. The van der Waals surface area contributed by atoms with Crippen LogP contribution in [0.25, 0.3) is 0 Å². The molecule has 0 radical (unpaired) electrons. The first kappa shape index (κ1) is 14.0. The lowest BCUT2D eigenvalue weighted by Crippen LogP contribution is -2.35.